The summed E-state index contributed by atoms with van der Waals surface area (Å²) in [5.41, 5.74) is 2.47. The Balaban J connectivity index is 1.65. The highest BCUT2D eigenvalue weighted by Gasteiger charge is 2.36. The second-order valence-corrected chi connectivity index (χ2v) is 7.29. The number of aliphatic imine (C=N–C) groups is 1. The molecule has 0 bridgehead atoms. The summed E-state index contributed by atoms with van der Waals surface area (Å²) in [5, 5.41) is 8.06. The fourth-order valence-corrected chi connectivity index (χ4v) is 3.65. The maximum Gasteiger partial charge on any atom is 0.191 e. The Bertz CT molecular complexity index is 747. The van der Waals surface area contributed by atoms with Crippen molar-refractivity contribution in [3.8, 4) is 0 Å². The minimum absolute atomic E-state index is 0.363. The van der Waals surface area contributed by atoms with Gasteiger partial charge in [0.05, 0.1) is 0 Å². The maximum atomic E-state index is 5.98. The van der Waals surface area contributed by atoms with Crippen molar-refractivity contribution in [1.29, 1.82) is 0 Å². The second-order valence-electron chi connectivity index (χ2n) is 7.29. The van der Waals surface area contributed by atoms with E-state index in [1.807, 2.05) is 18.2 Å². The van der Waals surface area contributed by atoms with Gasteiger partial charge in [0.15, 0.2) is 5.96 Å². The van der Waals surface area contributed by atoms with E-state index in [1.165, 1.54) is 30.2 Å². The highest BCUT2D eigenvalue weighted by Crippen LogP contribution is 2.43. The van der Waals surface area contributed by atoms with Gasteiger partial charge in [0.2, 0.25) is 0 Å². The molecule has 0 unspecified atom stereocenters. The highest BCUT2D eigenvalue weighted by atomic mass is 16.5. The molecule has 1 saturated carbocycles. The van der Waals surface area contributed by atoms with E-state index in [4.69, 9.17) is 14.1 Å². The number of methoxy groups -OCH3 is 1. The lowest BCUT2D eigenvalue weighted by Crippen LogP contribution is -2.46. The van der Waals surface area contributed by atoms with Gasteiger partial charge in [-0.2, -0.15) is 0 Å². The Labute approximate surface area is 156 Å². The highest BCUT2D eigenvalue weighted by molar-refractivity contribution is 5.82. The molecule has 1 heterocycles. The SMILES string of the molecule is CCNC(=NCc1oc2ccccc2c1C)NCC1(CCOC)CCC1. The smallest absolute Gasteiger partial charge is 0.191 e. The number of ether oxygens (including phenoxy) is 1. The molecule has 26 heavy (non-hydrogen) atoms. The molecule has 0 amide bonds. The van der Waals surface area contributed by atoms with Crippen molar-refractivity contribution >= 4 is 16.9 Å². The summed E-state index contributed by atoms with van der Waals surface area (Å²) >= 11 is 0. The number of hydrogen-bond acceptors (Lipinski definition) is 3. The van der Waals surface area contributed by atoms with E-state index in [0.717, 1.165) is 43.4 Å². The molecule has 1 aromatic heterocycles. The molecule has 1 aliphatic carbocycles. The zero-order chi connectivity index (χ0) is 18.4. The van der Waals surface area contributed by atoms with Gasteiger partial charge in [0.25, 0.3) is 0 Å². The first kappa shape index (κ1) is 18.8. The number of nitrogens with one attached hydrogen (secondary N) is 2. The van der Waals surface area contributed by atoms with Gasteiger partial charge >= 0.3 is 0 Å². The number of guanidine groups is 1. The molecule has 5 heteroatoms. The van der Waals surface area contributed by atoms with Crippen LogP contribution >= 0.6 is 0 Å². The normalized spacial score (nSPS) is 16.5. The molecular formula is C21H31N3O2. The standard InChI is InChI=1S/C21H31N3O2/c1-4-22-20(24-15-21(10-7-11-21)12-13-25-3)23-14-19-16(2)17-8-5-6-9-18(17)26-19/h5-6,8-9H,4,7,10-15H2,1-3H3,(H2,22,23,24). The van der Waals surface area contributed by atoms with Gasteiger partial charge in [-0.05, 0) is 44.6 Å². The molecule has 0 spiro atoms. The van der Waals surface area contributed by atoms with Crippen LogP contribution in [0.4, 0.5) is 0 Å². The summed E-state index contributed by atoms with van der Waals surface area (Å²) in [6, 6.07) is 8.15. The molecule has 0 atom stereocenters. The molecular weight excluding hydrogens is 326 g/mol. The summed E-state index contributed by atoms with van der Waals surface area (Å²) in [7, 11) is 1.78. The number of benzene rings is 1. The zero-order valence-electron chi connectivity index (χ0n) is 16.2. The summed E-state index contributed by atoms with van der Waals surface area (Å²) in [6.45, 7) is 7.35. The first-order valence-electron chi connectivity index (χ1n) is 9.65. The van der Waals surface area contributed by atoms with E-state index in [-0.39, 0.29) is 0 Å². The fourth-order valence-electron chi connectivity index (χ4n) is 3.65. The average molecular weight is 357 g/mol. The summed E-state index contributed by atoms with van der Waals surface area (Å²) in [5.74, 6) is 1.79. The minimum atomic E-state index is 0.363. The predicted molar refractivity (Wildman–Crippen MR) is 107 cm³/mol. The van der Waals surface area contributed by atoms with Crippen LogP contribution in [0.1, 0.15) is 43.9 Å². The van der Waals surface area contributed by atoms with E-state index in [0.29, 0.717) is 12.0 Å². The van der Waals surface area contributed by atoms with Gasteiger partial charge in [0, 0.05) is 37.8 Å². The monoisotopic (exact) mass is 357 g/mol. The van der Waals surface area contributed by atoms with Gasteiger partial charge in [-0.3, -0.25) is 0 Å². The van der Waals surface area contributed by atoms with Crippen molar-refractivity contribution in [1.82, 2.24) is 10.6 Å². The van der Waals surface area contributed by atoms with Crippen molar-refractivity contribution in [2.24, 2.45) is 10.4 Å². The molecule has 142 valence electrons. The Hall–Kier alpha value is -2.01. The summed E-state index contributed by atoms with van der Waals surface area (Å²) in [6.07, 6.45) is 4.97. The van der Waals surface area contributed by atoms with Gasteiger partial charge < -0.3 is 19.8 Å². The molecule has 1 fully saturated rings. The van der Waals surface area contributed by atoms with Gasteiger partial charge in [-0.25, -0.2) is 4.99 Å². The molecule has 3 rings (SSSR count). The fraction of sp³-hybridized carbons (Fsp3) is 0.571. The molecule has 1 aliphatic rings. The van der Waals surface area contributed by atoms with Gasteiger partial charge in [-0.15, -0.1) is 0 Å². The molecule has 2 aromatic rings. The van der Waals surface area contributed by atoms with Crippen LogP contribution in [0, 0.1) is 12.3 Å². The number of furan rings is 1. The molecule has 0 radical (unpaired) electrons. The Morgan fingerprint density at radius 2 is 2.08 bits per heavy atom. The van der Waals surface area contributed by atoms with Gasteiger partial charge in [0.1, 0.15) is 17.9 Å². The van der Waals surface area contributed by atoms with E-state index in [9.17, 15) is 0 Å². The third-order valence-electron chi connectivity index (χ3n) is 5.55. The lowest BCUT2D eigenvalue weighted by molar-refractivity contribution is 0.0732. The first-order valence-corrected chi connectivity index (χ1v) is 9.65. The van der Waals surface area contributed by atoms with Crippen LogP contribution in [-0.2, 0) is 11.3 Å². The first-order chi connectivity index (χ1) is 12.7. The third kappa shape index (κ3) is 4.21. The number of nitrogens with zero attached hydrogens (tertiary/aromatic N) is 1. The van der Waals surface area contributed by atoms with Crippen LogP contribution < -0.4 is 10.6 Å². The van der Waals surface area contributed by atoms with E-state index in [1.54, 1.807) is 7.11 Å². The number of rotatable bonds is 8. The van der Waals surface area contributed by atoms with Crippen molar-refractivity contribution < 1.29 is 9.15 Å². The lowest BCUT2D eigenvalue weighted by atomic mass is 9.67. The minimum Gasteiger partial charge on any atom is -0.459 e. The van der Waals surface area contributed by atoms with Crippen LogP contribution in [0.3, 0.4) is 0 Å². The Morgan fingerprint density at radius 3 is 2.73 bits per heavy atom. The topological polar surface area (TPSA) is 58.8 Å². The molecule has 1 aromatic carbocycles. The van der Waals surface area contributed by atoms with E-state index in [2.05, 4.69) is 30.5 Å². The van der Waals surface area contributed by atoms with E-state index < -0.39 is 0 Å². The number of para-hydroxylation sites is 1. The van der Waals surface area contributed by atoms with Crippen LogP contribution in [0.2, 0.25) is 0 Å². The molecule has 2 N–H and O–H groups in total. The number of hydrogen-bond donors (Lipinski definition) is 2. The number of aryl methyl sites for hydroxylation is 1. The van der Waals surface area contributed by atoms with E-state index >= 15 is 0 Å². The molecule has 5 nitrogen and oxygen atoms in total. The Morgan fingerprint density at radius 1 is 1.27 bits per heavy atom. The van der Waals surface area contributed by atoms with Crippen molar-refractivity contribution in [3.05, 3.63) is 35.6 Å². The predicted octanol–water partition coefficient (Wildman–Crippen LogP) is 4.00. The lowest BCUT2D eigenvalue weighted by Gasteiger charge is -2.42. The van der Waals surface area contributed by atoms with Crippen molar-refractivity contribution in [3.63, 3.8) is 0 Å². The van der Waals surface area contributed by atoms with Crippen molar-refractivity contribution in [2.45, 2.75) is 46.1 Å². The third-order valence-corrected chi connectivity index (χ3v) is 5.55. The zero-order valence-corrected chi connectivity index (χ0v) is 16.2. The quantitative estimate of drug-likeness (QED) is 0.554. The van der Waals surface area contributed by atoms with Crippen LogP contribution in [-0.4, -0.2) is 32.8 Å². The van der Waals surface area contributed by atoms with Crippen LogP contribution in [0.15, 0.2) is 33.7 Å². The Kier molecular flexibility index (Phi) is 6.20. The average Bonchev–Trinajstić information content (AvgIpc) is 2.94. The molecule has 0 aliphatic heterocycles. The largest absolute Gasteiger partial charge is 0.459 e. The maximum absolute atomic E-state index is 5.98. The second kappa shape index (κ2) is 8.58. The van der Waals surface area contributed by atoms with Crippen molar-refractivity contribution in [2.75, 3.05) is 26.8 Å². The van der Waals surface area contributed by atoms with Crippen LogP contribution in [0.25, 0.3) is 11.0 Å². The number of fused-ring (bicyclic) bond motifs is 1. The summed E-state index contributed by atoms with van der Waals surface area (Å²) < 4.78 is 11.3. The summed E-state index contributed by atoms with van der Waals surface area (Å²) in [4.78, 5) is 4.75. The van der Waals surface area contributed by atoms with Gasteiger partial charge in [-0.1, -0.05) is 24.6 Å². The van der Waals surface area contributed by atoms with Crippen LogP contribution in [0.5, 0.6) is 0 Å². The molecule has 0 saturated heterocycles.